The Balaban J connectivity index is 1.62. The lowest BCUT2D eigenvalue weighted by Gasteiger charge is -2.20. The zero-order valence-corrected chi connectivity index (χ0v) is 16.3. The van der Waals surface area contributed by atoms with Gasteiger partial charge >= 0.3 is 6.09 Å². The van der Waals surface area contributed by atoms with E-state index in [4.69, 9.17) is 34.8 Å². The standard InChI is InChI=1S/C19H15Cl3N2O3/c20-11-2-4-16-12(6-11)13-7-23(8-17(13)24(16)19(26)27)9-18(25)10-1-3-14(21)15(22)5-10/h1-6,18,25H,7-9H2,(H,26,27). The molecule has 0 spiro atoms. The Morgan fingerprint density at radius 1 is 1.07 bits per heavy atom. The summed E-state index contributed by atoms with van der Waals surface area (Å²) in [6.07, 6.45) is -1.80. The van der Waals surface area contributed by atoms with Gasteiger partial charge < -0.3 is 10.2 Å². The highest BCUT2D eigenvalue weighted by atomic mass is 35.5. The summed E-state index contributed by atoms with van der Waals surface area (Å²) in [4.78, 5) is 13.8. The number of rotatable bonds is 3. The zero-order valence-electron chi connectivity index (χ0n) is 14.0. The third kappa shape index (κ3) is 3.30. The summed E-state index contributed by atoms with van der Waals surface area (Å²) in [7, 11) is 0. The Labute approximate surface area is 170 Å². The van der Waals surface area contributed by atoms with Gasteiger partial charge in [-0.15, -0.1) is 0 Å². The number of carboxylic acid groups (broad SMARTS) is 1. The van der Waals surface area contributed by atoms with E-state index in [1.165, 1.54) is 4.57 Å². The molecule has 0 saturated carbocycles. The number of β-amino-alcohol motifs (C(OH)–C–C–N with tert-alkyl or cyclic N) is 1. The van der Waals surface area contributed by atoms with E-state index in [1.54, 1.807) is 36.4 Å². The first-order chi connectivity index (χ1) is 12.8. The number of hydrogen-bond donors (Lipinski definition) is 2. The van der Waals surface area contributed by atoms with Gasteiger partial charge in [-0.05, 0) is 41.5 Å². The van der Waals surface area contributed by atoms with Crippen LogP contribution in [0.4, 0.5) is 4.79 Å². The van der Waals surface area contributed by atoms with E-state index >= 15 is 0 Å². The Kier molecular flexibility index (Phi) is 4.82. The van der Waals surface area contributed by atoms with E-state index in [0.717, 1.165) is 10.9 Å². The van der Waals surface area contributed by atoms with Gasteiger partial charge in [-0.2, -0.15) is 0 Å². The van der Waals surface area contributed by atoms with E-state index < -0.39 is 12.2 Å². The maximum atomic E-state index is 11.8. The highest BCUT2D eigenvalue weighted by molar-refractivity contribution is 6.42. The SMILES string of the molecule is O=C(O)n1c2c(c3cc(Cl)ccc31)CN(CC(O)c1ccc(Cl)c(Cl)c1)C2. The zero-order chi connectivity index (χ0) is 19.3. The normalized spacial score (nSPS) is 15.3. The fraction of sp³-hybridized carbons (Fsp3) is 0.211. The molecule has 0 saturated heterocycles. The molecule has 3 aromatic rings. The predicted octanol–water partition coefficient (Wildman–Crippen LogP) is 5.18. The quantitative estimate of drug-likeness (QED) is 0.607. The van der Waals surface area contributed by atoms with E-state index in [1.807, 2.05) is 4.90 Å². The second-order valence-corrected chi connectivity index (χ2v) is 7.81. The molecule has 0 bridgehead atoms. The molecule has 27 heavy (non-hydrogen) atoms. The van der Waals surface area contributed by atoms with E-state index in [0.29, 0.717) is 51.5 Å². The number of nitrogens with zero attached hydrogens (tertiary/aromatic N) is 2. The molecule has 140 valence electrons. The summed E-state index contributed by atoms with van der Waals surface area (Å²) in [6.45, 7) is 1.30. The van der Waals surface area contributed by atoms with E-state index in [2.05, 4.69) is 0 Å². The molecule has 1 aliphatic heterocycles. The van der Waals surface area contributed by atoms with Crippen LogP contribution in [0.25, 0.3) is 10.9 Å². The van der Waals surface area contributed by atoms with Crippen molar-refractivity contribution in [3.63, 3.8) is 0 Å². The molecular formula is C19H15Cl3N2O3. The molecule has 2 N–H and O–H groups in total. The molecule has 4 rings (SSSR count). The maximum absolute atomic E-state index is 11.8. The Hall–Kier alpha value is -1.76. The summed E-state index contributed by atoms with van der Waals surface area (Å²) in [6, 6.07) is 10.2. The van der Waals surface area contributed by atoms with Crippen LogP contribution in [-0.4, -0.2) is 32.3 Å². The van der Waals surface area contributed by atoms with Crippen molar-refractivity contribution in [2.75, 3.05) is 6.54 Å². The average Bonchev–Trinajstić information content (AvgIpc) is 3.13. The van der Waals surface area contributed by atoms with Crippen LogP contribution in [0.15, 0.2) is 36.4 Å². The molecule has 2 aromatic carbocycles. The topological polar surface area (TPSA) is 65.7 Å². The highest BCUT2D eigenvalue weighted by Crippen LogP contribution is 2.36. The molecule has 0 radical (unpaired) electrons. The largest absolute Gasteiger partial charge is 0.464 e. The van der Waals surface area contributed by atoms with Crippen LogP contribution in [0.5, 0.6) is 0 Å². The monoisotopic (exact) mass is 424 g/mol. The number of carbonyl (C=O) groups is 1. The smallest absolute Gasteiger partial charge is 0.416 e. The van der Waals surface area contributed by atoms with E-state index in [-0.39, 0.29) is 0 Å². The molecule has 2 heterocycles. The van der Waals surface area contributed by atoms with Gasteiger partial charge in [-0.3, -0.25) is 4.90 Å². The third-order valence-corrected chi connectivity index (χ3v) is 5.82. The molecule has 0 aliphatic carbocycles. The van der Waals surface area contributed by atoms with Gasteiger partial charge in [0.1, 0.15) is 0 Å². The van der Waals surface area contributed by atoms with Crippen molar-refractivity contribution in [3.8, 4) is 0 Å². The predicted molar refractivity (Wildman–Crippen MR) is 106 cm³/mol. The Morgan fingerprint density at radius 2 is 1.85 bits per heavy atom. The second-order valence-electron chi connectivity index (χ2n) is 6.56. The minimum absolute atomic E-state index is 0.342. The van der Waals surface area contributed by atoms with Gasteiger partial charge in [0.05, 0.1) is 21.7 Å². The fourth-order valence-electron chi connectivity index (χ4n) is 3.63. The van der Waals surface area contributed by atoms with Crippen molar-refractivity contribution in [1.29, 1.82) is 0 Å². The summed E-state index contributed by atoms with van der Waals surface area (Å²) in [5.74, 6) is 0. The Bertz CT molecular complexity index is 1060. The van der Waals surface area contributed by atoms with Crippen molar-refractivity contribution >= 4 is 51.8 Å². The first-order valence-corrected chi connectivity index (χ1v) is 9.39. The van der Waals surface area contributed by atoms with Crippen molar-refractivity contribution < 1.29 is 15.0 Å². The van der Waals surface area contributed by atoms with Crippen LogP contribution in [0.1, 0.15) is 22.9 Å². The van der Waals surface area contributed by atoms with Gasteiger partial charge in [-0.1, -0.05) is 40.9 Å². The van der Waals surface area contributed by atoms with Crippen LogP contribution in [-0.2, 0) is 13.1 Å². The van der Waals surface area contributed by atoms with Gasteiger partial charge in [0, 0.05) is 35.7 Å². The lowest BCUT2D eigenvalue weighted by atomic mass is 10.1. The van der Waals surface area contributed by atoms with Crippen LogP contribution in [0, 0.1) is 0 Å². The molecule has 1 unspecified atom stereocenters. The molecule has 5 nitrogen and oxygen atoms in total. The molecule has 0 amide bonds. The number of aliphatic hydroxyl groups is 1. The van der Waals surface area contributed by atoms with Crippen molar-refractivity contribution in [3.05, 3.63) is 68.3 Å². The van der Waals surface area contributed by atoms with Crippen LogP contribution in [0.3, 0.4) is 0 Å². The van der Waals surface area contributed by atoms with Crippen LogP contribution in [0.2, 0.25) is 15.1 Å². The number of aromatic nitrogens is 1. The van der Waals surface area contributed by atoms with Gasteiger partial charge in [0.2, 0.25) is 0 Å². The lowest BCUT2D eigenvalue weighted by molar-refractivity contribution is 0.111. The van der Waals surface area contributed by atoms with Crippen molar-refractivity contribution in [1.82, 2.24) is 9.47 Å². The van der Waals surface area contributed by atoms with Gasteiger partial charge in [0.25, 0.3) is 0 Å². The minimum atomic E-state index is -1.03. The van der Waals surface area contributed by atoms with Crippen LogP contribution >= 0.6 is 34.8 Å². The molecular weight excluding hydrogens is 411 g/mol. The molecule has 1 aromatic heterocycles. The summed E-state index contributed by atoms with van der Waals surface area (Å²) >= 11 is 18.1. The minimum Gasteiger partial charge on any atom is -0.464 e. The lowest BCUT2D eigenvalue weighted by Crippen LogP contribution is -2.24. The first-order valence-electron chi connectivity index (χ1n) is 8.25. The van der Waals surface area contributed by atoms with Crippen molar-refractivity contribution in [2.45, 2.75) is 19.2 Å². The number of fused-ring (bicyclic) bond motifs is 3. The molecule has 1 aliphatic rings. The molecule has 1 atom stereocenters. The second kappa shape index (κ2) is 7.00. The van der Waals surface area contributed by atoms with Crippen LogP contribution < -0.4 is 0 Å². The first kappa shape index (κ1) is 18.6. The number of halogens is 3. The fourth-order valence-corrected chi connectivity index (χ4v) is 4.11. The number of aliphatic hydroxyl groups excluding tert-OH is 1. The maximum Gasteiger partial charge on any atom is 0.416 e. The summed E-state index contributed by atoms with van der Waals surface area (Å²) in [5, 5.41) is 22.4. The van der Waals surface area contributed by atoms with E-state index in [9.17, 15) is 15.0 Å². The average molecular weight is 426 g/mol. The number of benzene rings is 2. The van der Waals surface area contributed by atoms with Gasteiger partial charge in [-0.25, -0.2) is 9.36 Å². The summed E-state index contributed by atoms with van der Waals surface area (Å²) < 4.78 is 1.30. The summed E-state index contributed by atoms with van der Waals surface area (Å²) in [5.41, 5.74) is 2.92. The Morgan fingerprint density at radius 3 is 2.56 bits per heavy atom. The molecule has 8 heteroatoms. The number of hydrogen-bond acceptors (Lipinski definition) is 3. The highest BCUT2D eigenvalue weighted by Gasteiger charge is 2.30. The molecule has 0 fully saturated rings. The van der Waals surface area contributed by atoms with Gasteiger partial charge in [0.15, 0.2) is 0 Å². The van der Waals surface area contributed by atoms with Crippen molar-refractivity contribution in [2.24, 2.45) is 0 Å². The third-order valence-electron chi connectivity index (χ3n) is 4.85.